The predicted molar refractivity (Wildman–Crippen MR) is 90.8 cm³/mol. The third-order valence-electron chi connectivity index (χ3n) is 3.36. The highest BCUT2D eigenvalue weighted by Gasteiger charge is 2.36. The maximum Gasteiger partial charge on any atom is 0.435 e. The van der Waals surface area contributed by atoms with E-state index in [0.717, 1.165) is 24.1 Å². The first-order valence-corrected chi connectivity index (χ1v) is 7.06. The van der Waals surface area contributed by atoms with Gasteiger partial charge in [0.25, 0.3) is 0 Å². The van der Waals surface area contributed by atoms with Crippen LogP contribution in [0.15, 0.2) is 11.2 Å². The van der Waals surface area contributed by atoms with Crippen molar-refractivity contribution in [3.8, 4) is 0 Å². The van der Waals surface area contributed by atoms with E-state index in [1.54, 1.807) is 7.05 Å². The molecule has 1 saturated heterocycles. The molecule has 1 atom stereocenters. The largest absolute Gasteiger partial charge is 0.435 e. The van der Waals surface area contributed by atoms with Crippen LogP contribution in [0.2, 0.25) is 0 Å². The number of alkyl halides is 3. The number of aromatic nitrogens is 2. The molecule has 132 valence electrons. The summed E-state index contributed by atoms with van der Waals surface area (Å²) in [6.07, 6.45) is -0.980. The van der Waals surface area contributed by atoms with E-state index in [1.807, 2.05) is 0 Å². The van der Waals surface area contributed by atoms with Crippen LogP contribution in [0.25, 0.3) is 0 Å². The van der Waals surface area contributed by atoms with Crippen LogP contribution in [0.3, 0.4) is 0 Å². The molecule has 1 fully saturated rings. The van der Waals surface area contributed by atoms with E-state index in [0.29, 0.717) is 12.5 Å². The summed E-state index contributed by atoms with van der Waals surface area (Å²) in [6.45, 7) is 1.33. The predicted octanol–water partition coefficient (Wildman–Crippen LogP) is 1.90. The lowest BCUT2D eigenvalue weighted by atomic mass is 10.2. The smallest absolute Gasteiger partial charge is 0.376 e. The van der Waals surface area contributed by atoms with Crippen molar-refractivity contribution in [3.05, 3.63) is 17.5 Å². The molecule has 0 radical (unpaired) electrons. The fourth-order valence-corrected chi connectivity index (χ4v) is 2.32. The van der Waals surface area contributed by atoms with Gasteiger partial charge in [0.1, 0.15) is 0 Å². The zero-order valence-electron chi connectivity index (χ0n) is 13.0. The highest BCUT2D eigenvalue weighted by atomic mass is 127. The number of nitrogens with one attached hydrogen (secondary N) is 2. The third kappa shape index (κ3) is 5.83. The highest BCUT2D eigenvalue weighted by molar-refractivity contribution is 14.0. The van der Waals surface area contributed by atoms with Gasteiger partial charge in [0.15, 0.2) is 11.7 Å². The van der Waals surface area contributed by atoms with E-state index in [1.165, 1.54) is 13.2 Å². The lowest BCUT2D eigenvalue weighted by Gasteiger charge is -2.15. The van der Waals surface area contributed by atoms with Gasteiger partial charge in [0.05, 0.1) is 6.10 Å². The van der Waals surface area contributed by atoms with Gasteiger partial charge < -0.3 is 15.4 Å². The molecule has 1 aliphatic rings. The van der Waals surface area contributed by atoms with Gasteiger partial charge in [0.2, 0.25) is 0 Å². The summed E-state index contributed by atoms with van der Waals surface area (Å²) in [4.78, 5) is 3.99. The summed E-state index contributed by atoms with van der Waals surface area (Å²) in [5, 5.41) is 9.38. The SMILES string of the molecule is CN=C(NCc1cn(C)nc1C(F)(F)F)NCC1CCCO1.I. The topological polar surface area (TPSA) is 63.5 Å². The number of rotatable bonds is 4. The Labute approximate surface area is 149 Å². The Morgan fingerprint density at radius 3 is 2.78 bits per heavy atom. The molecule has 0 bridgehead atoms. The van der Waals surface area contributed by atoms with Crippen LogP contribution in [-0.2, 0) is 24.5 Å². The van der Waals surface area contributed by atoms with Crippen molar-refractivity contribution in [2.45, 2.75) is 31.7 Å². The molecular weight excluding hydrogens is 426 g/mol. The van der Waals surface area contributed by atoms with Crippen molar-refractivity contribution in [2.75, 3.05) is 20.2 Å². The zero-order valence-corrected chi connectivity index (χ0v) is 15.3. The molecule has 1 aromatic rings. The fourth-order valence-electron chi connectivity index (χ4n) is 2.32. The van der Waals surface area contributed by atoms with Crippen LogP contribution in [-0.4, -0.2) is 42.0 Å². The second kappa shape index (κ2) is 8.71. The number of halogens is 4. The molecule has 0 amide bonds. The molecule has 2 N–H and O–H groups in total. The van der Waals surface area contributed by atoms with Crippen LogP contribution in [0.5, 0.6) is 0 Å². The Hall–Kier alpha value is -1.04. The zero-order chi connectivity index (χ0) is 16.2. The van der Waals surface area contributed by atoms with Crippen LogP contribution >= 0.6 is 24.0 Å². The number of hydrogen-bond donors (Lipinski definition) is 2. The number of aliphatic imine (C=N–C) groups is 1. The molecule has 1 unspecified atom stereocenters. The minimum absolute atomic E-state index is 0. The van der Waals surface area contributed by atoms with Crippen molar-refractivity contribution in [2.24, 2.45) is 12.0 Å². The van der Waals surface area contributed by atoms with Crippen LogP contribution in [0, 0.1) is 0 Å². The Kier molecular flexibility index (Phi) is 7.58. The lowest BCUT2D eigenvalue weighted by Crippen LogP contribution is -2.40. The summed E-state index contributed by atoms with van der Waals surface area (Å²) in [5.41, 5.74) is -0.799. The van der Waals surface area contributed by atoms with Crippen LogP contribution in [0.1, 0.15) is 24.1 Å². The minimum atomic E-state index is -4.47. The van der Waals surface area contributed by atoms with E-state index in [2.05, 4.69) is 20.7 Å². The first kappa shape index (κ1) is 20.0. The van der Waals surface area contributed by atoms with Gasteiger partial charge in [0, 0.05) is 45.6 Å². The van der Waals surface area contributed by atoms with Crippen molar-refractivity contribution in [1.29, 1.82) is 0 Å². The van der Waals surface area contributed by atoms with Crippen molar-refractivity contribution >= 4 is 29.9 Å². The van der Waals surface area contributed by atoms with Gasteiger partial charge in [-0.1, -0.05) is 0 Å². The average Bonchev–Trinajstić information content (AvgIpc) is 3.07. The molecule has 2 heterocycles. The normalized spacial score (nSPS) is 18.7. The van der Waals surface area contributed by atoms with Gasteiger partial charge >= 0.3 is 6.18 Å². The van der Waals surface area contributed by atoms with E-state index in [9.17, 15) is 13.2 Å². The average molecular weight is 447 g/mol. The van der Waals surface area contributed by atoms with Crippen molar-refractivity contribution in [3.63, 3.8) is 0 Å². The molecule has 0 spiro atoms. The van der Waals surface area contributed by atoms with E-state index >= 15 is 0 Å². The number of aryl methyl sites for hydroxylation is 1. The summed E-state index contributed by atoms with van der Waals surface area (Å²) in [7, 11) is 3.03. The van der Waals surface area contributed by atoms with E-state index in [4.69, 9.17) is 4.74 Å². The fraction of sp³-hybridized carbons (Fsp3) is 0.692. The van der Waals surface area contributed by atoms with Crippen molar-refractivity contribution < 1.29 is 17.9 Å². The monoisotopic (exact) mass is 447 g/mol. The lowest BCUT2D eigenvalue weighted by molar-refractivity contribution is -0.142. The van der Waals surface area contributed by atoms with E-state index < -0.39 is 11.9 Å². The number of nitrogens with zero attached hydrogens (tertiary/aromatic N) is 3. The summed E-state index contributed by atoms with van der Waals surface area (Å²) >= 11 is 0. The van der Waals surface area contributed by atoms with Crippen LogP contribution in [0.4, 0.5) is 13.2 Å². The van der Waals surface area contributed by atoms with Gasteiger partial charge in [-0.2, -0.15) is 18.3 Å². The van der Waals surface area contributed by atoms with Crippen molar-refractivity contribution in [1.82, 2.24) is 20.4 Å². The molecule has 1 aliphatic heterocycles. The molecule has 1 aromatic heterocycles. The van der Waals surface area contributed by atoms with Gasteiger partial charge in [-0.15, -0.1) is 24.0 Å². The molecule has 0 aliphatic carbocycles. The molecule has 0 saturated carbocycles. The maximum atomic E-state index is 12.9. The third-order valence-corrected chi connectivity index (χ3v) is 3.36. The molecule has 10 heteroatoms. The second-order valence-electron chi connectivity index (χ2n) is 5.12. The molecule has 2 rings (SSSR count). The summed E-state index contributed by atoms with van der Waals surface area (Å²) < 4.78 is 45.2. The Bertz CT molecular complexity index is 526. The Morgan fingerprint density at radius 1 is 1.48 bits per heavy atom. The highest BCUT2D eigenvalue weighted by Crippen LogP contribution is 2.30. The Morgan fingerprint density at radius 2 is 2.22 bits per heavy atom. The molecule has 23 heavy (non-hydrogen) atoms. The van der Waals surface area contributed by atoms with Gasteiger partial charge in [-0.3, -0.25) is 9.67 Å². The number of guanidine groups is 1. The second-order valence-corrected chi connectivity index (χ2v) is 5.12. The van der Waals surface area contributed by atoms with Gasteiger partial charge in [-0.25, -0.2) is 0 Å². The standard InChI is InChI=1S/C13H20F3N5O.HI/c1-17-12(19-7-10-4-3-5-22-10)18-6-9-8-21(2)20-11(9)13(14,15)16;/h8,10H,3-7H2,1-2H3,(H2,17,18,19);1H. The summed E-state index contributed by atoms with van der Waals surface area (Å²) in [6, 6.07) is 0. The quantitative estimate of drug-likeness (QED) is 0.421. The molecular formula is C13H21F3IN5O. The first-order valence-electron chi connectivity index (χ1n) is 7.06. The summed E-state index contributed by atoms with van der Waals surface area (Å²) in [5.74, 6) is 0.437. The number of hydrogen-bond acceptors (Lipinski definition) is 3. The molecule has 0 aromatic carbocycles. The van der Waals surface area contributed by atoms with E-state index in [-0.39, 0.29) is 42.2 Å². The van der Waals surface area contributed by atoms with Crippen LogP contribution < -0.4 is 10.6 Å². The Balaban J connectivity index is 0.00000264. The first-order chi connectivity index (χ1) is 10.4. The molecule has 6 nitrogen and oxygen atoms in total. The minimum Gasteiger partial charge on any atom is -0.376 e. The number of ether oxygens (including phenoxy) is 1. The maximum absolute atomic E-state index is 12.9. The van der Waals surface area contributed by atoms with Gasteiger partial charge in [-0.05, 0) is 12.8 Å².